The largest absolute Gasteiger partial charge is 0.329 e. The minimum atomic E-state index is -0.979. The molecule has 3 N–H and O–H groups in total. The Labute approximate surface area is 184 Å². The van der Waals surface area contributed by atoms with Gasteiger partial charge in [-0.15, -0.1) is 0 Å². The van der Waals surface area contributed by atoms with E-state index in [9.17, 15) is 14.4 Å². The molecule has 0 heterocycles. The number of para-hydroxylation sites is 1. The number of hydrogen-bond acceptors (Lipinski definition) is 4. The zero-order chi connectivity index (χ0) is 22.2. The molecule has 0 aliphatic carbocycles. The van der Waals surface area contributed by atoms with Gasteiger partial charge in [0.05, 0.1) is 17.5 Å². The number of hydrogen-bond donors (Lipinski definition) is 3. The lowest BCUT2D eigenvalue weighted by Gasteiger charge is -2.11. The third-order valence-corrected chi connectivity index (χ3v) is 4.37. The molecule has 0 atom stereocenters. The molecule has 8 heteroatoms. The van der Waals surface area contributed by atoms with E-state index in [1.807, 2.05) is 25.1 Å². The zero-order valence-corrected chi connectivity index (χ0v) is 17.3. The summed E-state index contributed by atoms with van der Waals surface area (Å²) in [5.41, 5.74) is 4.83. The molecule has 7 nitrogen and oxygen atoms in total. The van der Waals surface area contributed by atoms with E-state index in [2.05, 4.69) is 21.2 Å². The summed E-state index contributed by atoms with van der Waals surface area (Å²) in [7, 11) is 0. The van der Waals surface area contributed by atoms with E-state index in [-0.39, 0.29) is 11.3 Å². The Morgan fingerprint density at radius 2 is 1.65 bits per heavy atom. The van der Waals surface area contributed by atoms with Crippen molar-refractivity contribution in [2.75, 3.05) is 10.6 Å². The lowest BCUT2D eigenvalue weighted by atomic mass is 10.1. The highest BCUT2D eigenvalue weighted by Gasteiger charge is 2.17. The molecule has 0 saturated carbocycles. The Morgan fingerprint density at radius 3 is 2.42 bits per heavy atom. The Bertz CT molecular complexity index is 1160. The molecule has 3 aromatic rings. The maximum Gasteiger partial charge on any atom is 0.329 e. The van der Waals surface area contributed by atoms with Gasteiger partial charge in [-0.05, 0) is 54.4 Å². The molecule has 3 aromatic carbocycles. The molecular formula is C23H19ClN4O3. The quantitative estimate of drug-likeness (QED) is 0.321. The highest BCUT2D eigenvalue weighted by atomic mass is 35.5. The normalized spacial score (nSPS) is 10.5. The smallest absolute Gasteiger partial charge is 0.322 e. The van der Waals surface area contributed by atoms with Crippen LogP contribution in [0.3, 0.4) is 0 Å². The molecule has 3 amide bonds. The molecule has 0 radical (unpaired) electrons. The highest BCUT2D eigenvalue weighted by molar-refractivity contribution is 6.40. The lowest BCUT2D eigenvalue weighted by Crippen LogP contribution is -2.33. The van der Waals surface area contributed by atoms with Crippen LogP contribution in [-0.4, -0.2) is 23.9 Å². The van der Waals surface area contributed by atoms with Gasteiger partial charge < -0.3 is 10.6 Å². The average Bonchev–Trinajstić information content (AvgIpc) is 2.74. The number of benzene rings is 3. The van der Waals surface area contributed by atoms with Crippen molar-refractivity contribution in [2.24, 2.45) is 5.10 Å². The first-order valence-electron chi connectivity index (χ1n) is 9.29. The van der Waals surface area contributed by atoms with Crippen LogP contribution in [0.2, 0.25) is 5.02 Å². The number of aryl methyl sites for hydroxylation is 1. The van der Waals surface area contributed by atoms with E-state index in [0.29, 0.717) is 16.3 Å². The first-order valence-corrected chi connectivity index (χ1v) is 9.67. The number of hydrazone groups is 1. The first kappa shape index (κ1) is 21.7. The number of anilines is 2. The van der Waals surface area contributed by atoms with Crippen molar-refractivity contribution >= 4 is 46.9 Å². The fourth-order valence-corrected chi connectivity index (χ4v) is 2.89. The van der Waals surface area contributed by atoms with Gasteiger partial charge in [0, 0.05) is 10.7 Å². The molecule has 0 aliphatic rings. The molecule has 31 heavy (non-hydrogen) atoms. The van der Waals surface area contributed by atoms with Crippen LogP contribution in [0.5, 0.6) is 0 Å². The minimum Gasteiger partial charge on any atom is -0.322 e. The maximum absolute atomic E-state index is 12.7. The third-order valence-electron chi connectivity index (χ3n) is 4.13. The predicted octanol–water partition coefficient (Wildman–Crippen LogP) is 3.99. The molecule has 0 aliphatic heterocycles. The second-order valence-electron chi connectivity index (χ2n) is 6.58. The summed E-state index contributed by atoms with van der Waals surface area (Å²) in [6, 6.07) is 20.6. The van der Waals surface area contributed by atoms with Gasteiger partial charge in [-0.2, -0.15) is 5.10 Å². The average molecular weight is 435 g/mol. The molecule has 0 bridgehead atoms. The zero-order valence-electron chi connectivity index (χ0n) is 16.6. The highest BCUT2D eigenvalue weighted by Crippen LogP contribution is 2.18. The van der Waals surface area contributed by atoms with Crippen molar-refractivity contribution in [2.45, 2.75) is 6.92 Å². The molecule has 0 aromatic heterocycles. The fraction of sp³-hybridized carbons (Fsp3) is 0.0435. The molecular weight excluding hydrogens is 416 g/mol. The second kappa shape index (κ2) is 10.2. The van der Waals surface area contributed by atoms with E-state index in [1.54, 1.807) is 48.5 Å². The van der Waals surface area contributed by atoms with Gasteiger partial charge in [0.15, 0.2) is 0 Å². The van der Waals surface area contributed by atoms with Gasteiger partial charge >= 0.3 is 11.8 Å². The van der Waals surface area contributed by atoms with E-state index in [4.69, 9.17) is 11.6 Å². The summed E-state index contributed by atoms with van der Waals surface area (Å²) in [6.07, 6.45) is 1.36. The standard InChI is InChI=1S/C23H19ClN4O3/c1-15-6-4-9-18(12-15)26-21(29)19-10-2-3-11-20(19)27-22(30)23(31)28-25-14-16-7-5-8-17(24)13-16/h2-14H,1H3,(H,26,29)(H,27,30)(H,28,31). The lowest BCUT2D eigenvalue weighted by molar-refractivity contribution is -0.136. The molecule has 0 fully saturated rings. The number of nitrogens with one attached hydrogen (secondary N) is 3. The number of carbonyl (C=O) groups is 3. The molecule has 0 unspecified atom stereocenters. The van der Waals surface area contributed by atoms with E-state index >= 15 is 0 Å². The number of halogens is 1. The second-order valence-corrected chi connectivity index (χ2v) is 7.01. The van der Waals surface area contributed by atoms with Crippen molar-refractivity contribution in [3.05, 3.63) is 94.5 Å². The predicted molar refractivity (Wildman–Crippen MR) is 121 cm³/mol. The molecule has 0 saturated heterocycles. The Morgan fingerprint density at radius 1 is 0.871 bits per heavy atom. The van der Waals surface area contributed by atoms with Crippen LogP contribution in [0.15, 0.2) is 77.9 Å². The fourth-order valence-electron chi connectivity index (χ4n) is 2.69. The topological polar surface area (TPSA) is 99.7 Å². The minimum absolute atomic E-state index is 0.201. The van der Waals surface area contributed by atoms with Crippen molar-refractivity contribution in [3.63, 3.8) is 0 Å². The van der Waals surface area contributed by atoms with E-state index in [1.165, 1.54) is 12.3 Å². The van der Waals surface area contributed by atoms with Crippen LogP contribution in [0.4, 0.5) is 11.4 Å². The Hall–Kier alpha value is -3.97. The number of rotatable bonds is 5. The summed E-state index contributed by atoms with van der Waals surface area (Å²) in [5, 5.41) is 9.48. The Balaban J connectivity index is 1.64. The van der Waals surface area contributed by atoms with Gasteiger partial charge in [-0.3, -0.25) is 14.4 Å². The van der Waals surface area contributed by atoms with Gasteiger partial charge in [-0.1, -0.05) is 48.0 Å². The van der Waals surface area contributed by atoms with Crippen molar-refractivity contribution in [3.8, 4) is 0 Å². The van der Waals surface area contributed by atoms with Crippen LogP contribution < -0.4 is 16.1 Å². The van der Waals surface area contributed by atoms with Gasteiger partial charge in [-0.25, -0.2) is 5.43 Å². The summed E-state index contributed by atoms with van der Waals surface area (Å²) in [6.45, 7) is 1.91. The molecule has 156 valence electrons. The van der Waals surface area contributed by atoms with Crippen molar-refractivity contribution in [1.29, 1.82) is 0 Å². The number of carbonyl (C=O) groups excluding carboxylic acids is 3. The van der Waals surface area contributed by atoms with Gasteiger partial charge in [0.25, 0.3) is 5.91 Å². The van der Waals surface area contributed by atoms with E-state index < -0.39 is 17.7 Å². The third kappa shape index (κ3) is 6.25. The molecule has 0 spiro atoms. The van der Waals surface area contributed by atoms with Crippen molar-refractivity contribution in [1.82, 2.24) is 5.43 Å². The number of nitrogens with zero attached hydrogens (tertiary/aromatic N) is 1. The maximum atomic E-state index is 12.7. The monoisotopic (exact) mass is 434 g/mol. The summed E-state index contributed by atoms with van der Waals surface area (Å²) < 4.78 is 0. The van der Waals surface area contributed by atoms with Crippen LogP contribution in [0.25, 0.3) is 0 Å². The first-order chi connectivity index (χ1) is 14.9. The molecule has 3 rings (SSSR count). The van der Waals surface area contributed by atoms with E-state index in [0.717, 1.165) is 5.56 Å². The number of amides is 3. The Kier molecular flexibility index (Phi) is 7.13. The van der Waals surface area contributed by atoms with Gasteiger partial charge in [0.1, 0.15) is 0 Å². The SMILES string of the molecule is Cc1cccc(NC(=O)c2ccccc2NC(=O)C(=O)NN=Cc2cccc(Cl)c2)c1. The van der Waals surface area contributed by atoms with Crippen LogP contribution in [-0.2, 0) is 9.59 Å². The van der Waals surface area contributed by atoms with Crippen LogP contribution >= 0.6 is 11.6 Å². The van der Waals surface area contributed by atoms with Crippen LogP contribution in [0.1, 0.15) is 21.5 Å². The summed E-state index contributed by atoms with van der Waals surface area (Å²) in [5.74, 6) is -2.35. The summed E-state index contributed by atoms with van der Waals surface area (Å²) in [4.78, 5) is 36.9. The van der Waals surface area contributed by atoms with Crippen molar-refractivity contribution < 1.29 is 14.4 Å². The van der Waals surface area contributed by atoms with Gasteiger partial charge in [0.2, 0.25) is 0 Å². The summed E-state index contributed by atoms with van der Waals surface area (Å²) >= 11 is 5.88. The van der Waals surface area contributed by atoms with Crippen LogP contribution in [0, 0.1) is 6.92 Å².